The number of Topliss-reactive ketones (excluding diaryl/α,β-unsaturated/α-hetero) is 1. The van der Waals surface area contributed by atoms with Crippen molar-refractivity contribution >= 4 is 51.3 Å². The fraction of sp³-hybridized carbons (Fsp3) is 0.333. The summed E-state index contributed by atoms with van der Waals surface area (Å²) in [4.78, 5) is 45.4. The third kappa shape index (κ3) is 7.45. The molecule has 9 nitrogen and oxygen atoms in total. The van der Waals surface area contributed by atoms with E-state index < -0.39 is 0 Å². The van der Waals surface area contributed by atoms with Gasteiger partial charge in [-0.05, 0) is 45.2 Å². The Morgan fingerprint density at radius 1 is 1.05 bits per heavy atom. The minimum absolute atomic E-state index is 0.249. The van der Waals surface area contributed by atoms with E-state index in [0.717, 1.165) is 49.2 Å². The van der Waals surface area contributed by atoms with Crippen molar-refractivity contribution in [1.29, 1.82) is 0 Å². The van der Waals surface area contributed by atoms with Crippen LogP contribution in [0.4, 0.5) is 16.6 Å². The molecular weight excluding hydrogens is 522 g/mol. The number of benzene rings is 1. The van der Waals surface area contributed by atoms with Crippen LogP contribution in [0.2, 0.25) is 5.02 Å². The summed E-state index contributed by atoms with van der Waals surface area (Å²) >= 11 is 7.45. The average molecular weight is 552 g/mol. The largest absolute Gasteiger partial charge is 0.341 e. The maximum Gasteiger partial charge on any atom is 0.267 e. The summed E-state index contributed by atoms with van der Waals surface area (Å²) < 4.78 is 0. The molecule has 3 N–H and O–H groups in total. The smallest absolute Gasteiger partial charge is 0.267 e. The first-order chi connectivity index (χ1) is 18.3. The average Bonchev–Trinajstić information content (AvgIpc) is 3.53. The topological polar surface area (TPSA) is 126 Å². The van der Waals surface area contributed by atoms with Crippen molar-refractivity contribution in [1.82, 2.24) is 24.9 Å². The van der Waals surface area contributed by atoms with Gasteiger partial charge in [-0.1, -0.05) is 47.9 Å². The van der Waals surface area contributed by atoms with E-state index in [2.05, 4.69) is 35.6 Å². The molecule has 38 heavy (non-hydrogen) atoms. The second-order valence-electron chi connectivity index (χ2n) is 9.09. The number of para-hydroxylation sites is 1. The van der Waals surface area contributed by atoms with Crippen molar-refractivity contribution in [3.63, 3.8) is 0 Å². The number of amides is 1. The number of thiazole rings is 1. The zero-order chi connectivity index (χ0) is 27.1. The molecule has 0 fully saturated rings. The van der Waals surface area contributed by atoms with Crippen LogP contribution in [0.5, 0.6) is 0 Å². The van der Waals surface area contributed by atoms with E-state index in [1.807, 2.05) is 32.0 Å². The van der Waals surface area contributed by atoms with Crippen molar-refractivity contribution in [3.8, 4) is 11.4 Å². The lowest BCUT2D eigenvalue weighted by Crippen LogP contribution is -2.11. The Bertz CT molecular complexity index is 1410. The van der Waals surface area contributed by atoms with E-state index in [4.69, 9.17) is 11.6 Å². The highest BCUT2D eigenvalue weighted by atomic mass is 35.5. The van der Waals surface area contributed by atoms with Crippen LogP contribution in [0.25, 0.3) is 11.4 Å². The number of nitrogens with one attached hydrogen (secondary N) is 3. The van der Waals surface area contributed by atoms with Gasteiger partial charge in [0.15, 0.2) is 5.13 Å². The third-order valence-electron chi connectivity index (χ3n) is 5.86. The molecule has 0 saturated carbocycles. The number of hydrogen-bond acceptors (Lipinski definition) is 8. The van der Waals surface area contributed by atoms with Gasteiger partial charge in [0.05, 0.1) is 34.5 Å². The van der Waals surface area contributed by atoms with Gasteiger partial charge in [0.2, 0.25) is 0 Å². The molecule has 0 radical (unpaired) electrons. The molecule has 0 aliphatic heterocycles. The van der Waals surface area contributed by atoms with Crippen molar-refractivity contribution in [3.05, 3.63) is 63.8 Å². The Kier molecular flexibility index (Phi) is 9.19. The lowest BCUT2D eigenvalue weighted by Gasteiger charge is -2.08. The Labute approximate surface area is 230 Å². The fourth-order valence-electron chi connectivity index (χ4n) is 3.92. The van der Waals surface area contributed by atoms with Crippen molar-refractivity contribution in [2.45, 2.75) is 59.3 Å². The second-order valence-corrected chi connectivity index (χ2v) is 10.5. The fourth-order valence-corrected chi connectivity index (χ4v) is 4.91. The van der Waals surface area contributed by atoms with E-state index in [-0.39, 0.29) is 11.7 Å². The second kappa shape index (κ2) is 12.7. The number of unbranched alkanes of at least 4 members (excludes halogenated alkanes) is 3. The molecule has 4 aromatic rings. The van der Waals surface area contributed by atoms with Gasteiger partial charge < -0.3 is 20.4 Å². The number of halogens is 1. The molecule has 0 aliphatic carbocycles. The van der Waals surface area contributed by atoms with Crippen LogP contribution in [0.1, 0.15) is 65.9 Å². The quantitative estimate of drug-likeness (QED) is 0.168. The number of hydrogen-bond donors (Lipinski definition) is 3. The Morgan fingerprint density at radius 3 is 2.66 bits per heavy atom. The maximum atomic E-state index is 12.8. The summed E-state index contributed by atoms with van der Waals surface area (Å²) in [6.45, 7) is 5.34. The number of imidazole rings is 1. The molecule has 1 aromatic carbocycles. The van der Waals surface area contributed by atoms with Crippen LogP contribution in [-0.4, -0.2) is 36.6 Å². The number of carbonyl (C=O) groups excluding carboxylic acids is 2. The number of carbonyl (C=O) groups is 2. The first kappa shape index (κ1) is 27.4. The molecule has 0 unspecified atom stereocenters. The molecular formula is C27H30ClN7O2S. The highest BCUT2D eigenvalue weighted by Crippen LogP contribution is 2.28. The monoisotopic (exact) mass is 551 g/mol. The summed E-state index contributed by atoms with van der Waals surface area (Å²) in [5.74, 6) is 2.03. The van der Waals surface area contributed by atoms with Gasteiger partial charge in [-0.15, -0.1) is 0 Å². The van der Waals surface area contributed by atoms with Crippen molar-refractivity contribution < 1.29 is 9.59 Å². The van der Waals surface area contributed by atoms with Crippen LogP contribution >= 0.6 is 22.9 Å². The highest BCUT2D eigenvalue weighted by molar-refractivity contribution is 7.17. The molecule has 0 aliphatic rings. The predicted octanol–water partition coefficient (Wildman–Crippen LogP) is 6.67. The lowest BCUT2D eigenvalue weighted by molar-refractivity contribution is -0.117. The number of aryl methyl sites for hydroxylation is 3. The number of ketones is 1. The number of nitrogens with zero attached hydrogens (tertiary/aromatic N) is 4. The normalized spacial score (nSPS) is 10.9. The standard InChI is InChI=1S/C27H30ClN7O2S/c1-16-9-8-11-19(28)25(16)35-26(37)22-15-30-27(38-22)34-24-13-20(31-18(3)32-24)21-14-29-23(33-21)12-7-5-4-6-10-17(2)36/h8-9,11,13-15H,4-7,10,12H2,1-3H3,(H,29,33)(H,35,37)(H,30,31,32,34). The van der Waals surface area contributed by atoms with Crippen molar-refractivity contribution in [2.75, 3.05) is 10.6 Å². The number of aromatic amines is 1. The van der Waals surface area contributed by atoms with Gasteiger partial charge >= 0.3 is 0 Å². The molecule has 3 aromatic heterocycles. The number of rotatable bonds is 12. The molecule has 0 saturated heterocycles. The van der Waals surface area contributed by atoms with Gasteiger partial charge in [0, 0.05) is 18.9 Å². The molecule has 1 amide bonds. The lowest BCUT2D eigenvalue weighted by atomic mass is 10.1. The van der Waals surface area contributed by atoms with E-state index in [1.54, 1.807) is 19.2 Å². The molecule has 11 heteroatoms. The third-order valence-corrected chi connectivity index (χ3v) is 7.09. The van der Waals surface area contributed by atoms with Gasteiger partial charge in [-0.2, -0.15) is 0 Å². The first-order valence-corrected chi connectivity index (χ1v) is 13.7. The highest BCUT2D eigenvalue weighted by Gasteiger charge is 2.15. The van der Waals surface area contributed by atoms with Crippen molar-refractivity contribution in [2.24, 2.45) is 0 Å². The van der Waals surface area contributed by atoms with Crippen LogP contribution in [0.3, 0.4) is 0 Å². The Balaban J connectivity index is 1.37. The predicted molar refractivity (Wildman–Crippen MR) is 151 cm³/mol. The van der Waals surface area contributed by atoms with Crippen LogP contribution in [-0.2, 0) is 11.2 Å². The zero-order valence-corrected chi connectivity index (χ0v) is 23.2. The molecule has 4 rings (SSSR count). The number of H-pyrrole nitrogens is 1. The van der Waals surface area contributed by atoms with Crippen LogP contribution in [0, 0.1) is 13.8 Å². The van der Waals surface area contributed by atoms with E-state index >= 15 is 0 Å². The molecule has 198 valence electrons. The number of anilines is 3. The van der Waals surface area contributed by atoms with Crippen LogP contribution in [0.15, 0.2) is 36.7 Å². The summed E-state index contributed by atoms with van der Waals surface area (Å²) in [6, 6.07) is 7.28. The minimum Gasteiger partial charge on any atom is -0.341 e. The Morgan fingerprint density at radius 2 is 1.87 bits per heavy atom. The molecule has 3 heterocycles. The van der Waals surface area contributed by atoms with Gasteiger partial charge in [0.1, 0.15) is 28.1 Å². The van der Waals surface area contributed by atoms with E-state index in [0.29, 0.717) is 44.5 Å². The summed E-state index contributed by atoms with van der Waals surface area (Å²) in [5.41, 5.74) is 2.98. The molecule has 0 spiro atoms. The Hall–Kier alpha value is -3.63. The first-order valence-electron chi connectivity index (χ1n) is 12.5. The van der Waals surface area contributed by atoms with Crippen LogP contribution < -0.4 is 10.6 Å². The van der Waals surface area contributed by atoms with E-state index in [1.165, 1.54) is 17.5 Å². The maximum absolute atomic E-state index is 12.8. The SMILES string of the molecule is CC(=O)CCCCCCc1ncc(-c2cc(Nc3ncc(C(=O)Nc4c(C)cccc4Cl)s3)nc(C)n2)[nH]1. The van der Waals surface area contributed by atoms with Gasteiger partial charge in [0.25, 0.3) is 5.91 Å². The minimum atomic E-state index is -0.282. The summed E-state index contributed by atoms with van der Waals surface area (Å²) in [5, 5.41) is 7.06. The zero-order valence-electron chi connectivity index (χ0n) is 21.6. The summed E-state index contributed by atoms with van der Waals surface area (Å²) in [7, 11) is 0. The van der Waals surface area contributed by atoms with Gasteiger partial charge in [-0.3, -0.25) is 4.79 Å². The summed E-state index contributed by atoms with van der Waals surface area (Å²) in [6.07, 6.45) is 8.86. The number of aromatic nitrogens is 5. The molecule has 0 atom stereocenters. The van der Waals surface area contributed by atoms with Gasteiger partial charge in [-0.25, -0.2) is 19.9 Å². The molecule has 0 bridgehead atoms. The van der Waals surface area contributed by atoms with E-state index in [9.17, 15) is 9.59 Å².